The molecule has 16 heavy (non-hydrogen) atoms. The zero-order valence-corrected chi connectivity index (χ0v) is 10.1. The van der Waals surface area contributed by atoms with E-state index in [0.717, 1.165) is 0 Å². The number of amides is 1. The third-order valence-electron chi connectivity index (χ3n) is 2.49. The van der Waals surface area contributed by atoms with E-state index in [2.05, 4.69) is 0 Å². The number of likely N-dealkylation sites (tertiary alicyclic amines) is 1. The van der Waals surface area contributed by atoms with Crippen LogP contribution in [0.25, 0.3) is 0 Å². The minimum Gasteiger partial charge on any atom is -0.444 e. The molecule has 0 aliphatic carbocycles. The highest BCUT2D eigenvalue weighted by Gasteiger charge is 2.28. The highest BCUT2D eigenvalue weighted by molar-refractivity contribution is 5.68. The predicted molar refractivity (Wildman–Crippen MR) is 59.1 cm³/mol. The van der Waals surface area contributed by atoms with Crippen molar-refractivity contribution in [1.82, 2.24) is 4.90 Å². The van der Waals surface area contributed by atoms with E-state index < -0.39 is 17.8 Å². The molecule has 94 valence electrons. The predicted octanol–water partition coefficient (Wildman–Crippen LogP) is 0.739. The Morgan fingerprint density at radius 1 is 1.19 bits per heavy atom. The summed E-state index contributed by atoms with van der Waals surface area (Å²) in [6.07, 6.45) is -1.09. The number of rotatable bonds is 0. The van der Waals surface area contributed by atoms with Crippen LogP contribution >= 0.6 is 0 Å². The molecule has 1 rings (SSSR count). The van der Waals surface area contributed by atoms with E-state index in [1.165, 1.54) is 4.90 Å². The number of hydrogen-bond donors (Lipinski definition) is 2. The normalized spacial score (nSPS) is 27.4. The number of nitrogens with zero attached hydrogens (tertiary/aromatic N) is 1. The SMILES string of the molecule is CC(C)(C)OC(=O)N1CCC(O)C(O)CC1. The first-order valence-corrected chi connectivity index (χ1v) is 5.63. The van der Waals surface area contributed by atoms with Crippen LogP contribution in [-0.2, 0) is 4.74 Å². The Morgan fingerprint density at radius 3 is 2.00 bits per heavy atom. The smallest absolute Gasteiger partial charge is 0.410 e. The monoisotopic (exact) mass is 231 g/mol. The Morgan fingerprint density at radius 2 is 1.62 bits per heavy atom. The molecule has 0 spiro atoms. The molecule has 0 aromatic heterocycles. The molecule has 2 unspecified atom stereocenters. The molecule has 2 atom stereocenters. The molecule has 0 bridgehead atoms. The van der Waals surface area contributed by atoms with Gasteiger partial charge < -0.3 is 19.8 Å². The number of carbonyl (C=O) groups excluding carboxylic acids is 1. The summed E-state index contributed by atoms with van der Waals surface area (Å²) in [5.41, 5.74) is -0.513. The molecular weight excluding hydrogens is 210 g/mol. The van der Waals surface area contributed by atoms with Crippen LogP contribution in [-0.4, -0.2) is 52.1 Å². The fraction of sp³-hybridized carbons (Fsp3) is 0.909. The second-order valence-corrected chi connectivity index (χ2v) is 5.18. The second kappa shape index (κ2) is 5.01. The lowest BCUT2D eigenvalue weighted by molar-refractivity contribution is 0.0187. The summed E-state index contributed by atoms with van der Waals surface area (Å²) in [4.78, 5) is 13.3. The minimum absolute atomic E-state index is 0.381. The summed E-state index contributed by atoms with van der Waals surface area (Å²) in [6.45, 7) is 6.28. The number of hydrogen-bond acceptors (Lipinski definition) is 4. The minimum atomic E-state index is -0.743. The Labute approximate surface area is 96.0 Å². The van der Waals surface area contributed by atoms with Crippen molar-refractivity contribution in [3.05, 3.63) is 0 Å². The third kappa shape index (κ3) is 3.98. The van der Waals surface area contributed by atoms with Crippen molar-refractivity contribution < 1.29 is 19.7 Å². The maximum atomic E-state index is 11.7. The topological polar surface area (TPSA) is 70.0 Å². The standard InChI is InChI=1S/C11H21NO4/c1-11(2,3)16-10(15)12-6-4-8(13)9(14)5-7-12/h8-9,13-14H,4-7H2,1-3H3. The maximum Gasteiger partial charge on any atom is 0.410 e. The number of ether oxygens (including phenoxy) is 1. The van der Waals surface area contributed by atoms with Gasteiger partial charge in [-0.3, -0.25) is 0 Å². The summed E-state index contributed by atoms with van der Waals surface area (Å²) in [6, 6.07) is 0. The van der Waals surface area contributed by atoms with Crippen LogP contribution in [0.2, 0.25) is 0 Å². The van der Waals surface area contributed by atoms with Gasteiger partial charge in [0.2, 0.25) is 0 Å². The fourth-order valence-electron chi connectivity index (χ4n) is 1.58. The molecular formula is C11H21NO4. The van der Waals surface area contributed by atoms with E-state index in [4.69, 9.17) is 4.74 Å². The summed E-state index contributed by atoms with van der Waals surface area (Å²) in [7, 11) is 0. The number of carbonyl (C=O) groups is 1. The Balaban J connectivity index is 2.51. The molecule has 0 aromatic carbocycles. The Bertz CT molecular complexity index is 237. The zero-order valence-electron chi connectivity index (χ0n) is 10.1. The summed E-state index contributed by atoms with van der Waals surface area (Å²) in [5.74, 6) is 0. The van der Waals surface area contributed by atoms with E-state index in [1.54, 1.807) is 0 Å². The molecule has 1 aliphatic rings. The van der Waals surface area contributed by atoms with Gasteiger partial charge in [0.25, 0.3) is 0 Å². The van der Waals surface area contributed by atoms with Gasteiger partial charge >= 0.3 is 6.09 Å². The molecule has 0 saturated carbocycles. The van der Waals surface area contributed by atoms with E-state index in [0.29, 0.717) is 25.9 Å². The number of aliphatic hydroxyl groups is 2. The van der Waals surface area contributed by atoms with Crippen molar-refractivity contribution >= 4 is 6.09 Å². The molecule has 1 fully saturated rings. The molecule has 1 heterocycles. The van der Waals surface area contributed by atoms with Gasteiger partial charge in [0.15, 0.2) is 0 Å². The summed E-state index contributed by atoms with van der Waals surface area (Å²) >= 11 is 0. The van der Waals surface area contributed by atoms with Gasteiger partial charge in [-0.25, -0.2) is 4.79 Å². The molecule has 5 heteroatoms. The van der Waals surface area contributed by atoms with Crippen LogP contribution < -0.4 is 0 Å². The van der Waals surface area contributed by atoms with Crippen LogP contribution in [0.5, 0.6) is 0 Å². The van der Waals surface area contributed by atoms with Gasteiger partial charge in [-0.05, 0) is 33.6 Å². The zero-order chi connectivity index (χ0) is 12.3. The van der Waals surface area contributed by atoms with Crippen molar-refractivity contribution in [2.75, 3.05) is 13.1 Å². The first-order valence-electron chi connectivity index (χ1n) is 5.63. The van der Waals surface area contributed by atoms with Crippen LogP contribution in [0.4, 0.5) is 4.79 Å². The van der Waals surface area contributed by atoms with Crippen LogP contribution in [0, 0.1) is 0 Å². The largest absolute Gasteiger partial charge is 0.444 e. The van der Waals surface area contributed by atoms with Crippen molar-refractivity contribution in [1.29, 1.82) is 0 Å². The highest BCUT2D eigenvalue weighted by Crippen LogP contribution is 2.15. The quantitative estimate of drug-likeness (QED) is 0.645. The van der Waals surface area contributed by atoms with Gasteiger partial charge in [-0.2, -0.15) is 0 Å². The number of aliphatic hydroxyl groups excluding tert-OH is 2. The molecule has 0 aromatic rings. The summed E-state index contributed by atoms with van der Waals surface area (Å²) in [5, 5.41) is 18.9. The van der Waals surface area contributed by atoms with Gasteiger partial charge in [0.1, 0.15) is 5.60 Å². The molecule has 1 aliphatic heterocycles. The van der Waals surface area contributed by atoms with Crippen LogP contribution in [0.3, 0.4) is 0 Å². The van der Waals surface area contributed by atoms with Gasteiger partial charge in [-0.1, -0.05) is 0 Å². The molecule has 0 radical (unpaired) electrons. The molecule has 1 amide bonds. The lowest BCUT2D eigenvalue weighted by Gasteiger charge is -2.26. The van der Waals surface area contributed by atoms with Crippen LogP contribution in [0.1, 0.15) is 33.6 Å². The fourth-order valence-corrected chi connectivity index (χ4v) is 1.58. The first-order chi connectivity index (χ1) is 7.29. The molecule has 5 nitrogen and oxygen atoms in total. The lowest BCUT2D eigenvalue weighted by atomic mass is 10.1. The Kier molecular flexibility index (Phi) is 4.15. The van der Waals surface area contributed by atoms with Crippen LogP contribution in [0.15, 0.2) is 0 Å². The van der Waals surface area contributed by atoms with Crippen molar-refractivity contribution in [3.63, 3.8) is 0 Å². The average Bonchev–Trinajstić information content (AvgIpc) is 2.28. The van der Waals surface area contributed by atoms with E-state index >= 15 is 0 Å². The second-order valence-electron chi connectivity index (χ2n) is 5.18. The average molecular weight is 231 g/mol. The van der Waals surface area contributed by atoms with E-state index in [1.807, 2.05) is 20.8 Å². The summed E-state index contributed by atoms with van der Waals surface area (Å²) < 4.78 is 5.23. The van der Waals surface area contributed by atoms with E-state index in [-0.39, 0.29) is 6.09 Å². The van der Waals surface area contributed by atoms with Gasteiger partial charge in [0, 0.05) is 13.1 Å². The van der Waals surface area contributed by atoms with Crippen molar-refractivity contribution in [3.8, 4) is 0 Å². The van der Waals surface area contributed by atoms with Crippen molar-refractivity contribution in [2.45, 2.75) is 51.4 Å². The van der Waals surface area contributed by atoms with E-state index in [9.17, 15) is 15.0 Å². The van der Waals surface area contributed by atoms with Gasteiger partial charge in [-0.15, -0.1) is 0 Å². The van der Waals surface area contributed by atoms with Crippen molar-refractivity contribution in [2.24, 2.45) is 0 Å². The first kappa shape index (κ1) is 13.3. The molecule has 2 N–H and O–H groups in total. The maximum absolute atomic E-state index is 11.7. The lowest BCUT2D eigenvalue weighted by Crippen LogP contribution is -2.37. The third-order valence-corrected chi connectivity index (χ3v) is 2.49. The highest BCUT2D eigenvalue weighted by atomic mass is 16.6. The molecule has 1 saturated heterocycles. The van der Waals surface area contributed by atoms with Gasteiger partial charge in [0.05, 0.1) is 12.2 Å². The Hall–Kier alpha value is -0.810.